The molecule has 0 spiro atoms. The van der Waals surface area contributed by atoms with E-state index in [0.29, 0.717) is 23.7 Å². The third-order valence-electron chi connectivity index (χ3n) is 3.13. The van der Waals surface area contributed by atoms with Crippen LogP contribution < -0.4 is 5.32 Å². The maximum Gasteiger partial charge on any atom is 0.252 e. The van der Waals surface area contributed by atoms with Gasteiger partial charge in [-0.15, -0.1) is 11.3 Å². The lowest BCUT2D eigenvalue weighted by molar-refractivity contribution is -0.119. The minimum absolute atomic E-state index is 0.0753. The highest BCUT2D eigenvalue weighted by atomic mass is 32.2. The summed E-state index contributed by atoms with van der Waals surface area (Å²) in [5.41, 5.74) is 0.797. The Morgan fingerprint density at radius 3 is 2.68 bits per heavy atom. The molecule has 0 unspecified atom stereocenters. The molecular weight excluding hydrogens is 284 g/mol. The maximum absolute atomic E-state index is 12.5. The third-order valence-corrected chi connectivity index (χ3v) is 6.76. The summed E-state index contributed by atoms with van der Waals surface area (Å²) in [6.45, 7) is 5.99. The van der Waals surface area contributed by atoms with Crippen molar-refractivity contribution >= 4 is 27.3 Å². The molecule has 106 valence electrons. The van der Waals surface area contributed by atoms with Gasteiger partial charge in [-0.1, -0.05) is 0 Å². The van der Waals surface area contributed by atoms with E-state index < -0.39 is 10.0 Å². The van der Waals surface area contributed by atoms with E-state index in [4.69, 9.17) is 0 Å². The molecule has 0 bridgehead atoms. The second-order valence-corrected chi connectivity index (χ2v) is 8.27. The molecule has 0 aromatic carbocycles. The van der Waals surface area contributed by atoms with E-state index in [2.05, 4.69) is 5.32 Å². The number of sulfonamides is 1. The lowest BCUT2D eigenvalue weighted by Gasteiger charge is -2.16. The van der Waals surface area contributed by atoms with Crippen molar-refractivity contribution in [3.05, 3.63) is 16.5 Å². The molecule has 2 rings (SSSR count). The zero-order valence-electron chi connectivity index (χ0n) is 11.3. The first kappa shape index (κ1) is 14.5. The Kier molecular flexibility index (Phi) is 3.98. The van der Waals surface area contributed by atoms with E-state index in [1.54, 1.807) is 0 Å². The van der Waals surface area contributed by atoms with Crippen LogP contribution in [0.15, 0.2) is 10.3 Å². The van der Waals surface area contributed by atoms with E-state index in [-0.39, 0.29) is 11.9 Å². The van der Waals surface area contributed by atoms with E-state index in [9.17, 15) is 13.2 Å². The molecule has 0 radical (unpaired) electrons. The molecule has 1 aliphatic heterocycles. The average Bonchev–Trinajstić information content (AvgIpc) is 2.85. The number of carbonyl (C=O) groups excluding carboxylic acids is 1. The van der Waals surface area contributed by atoms with Crippen LogP contribution in [0.5, 0.6) is 0 Å². The Hall–Kier alpha value is -0.920. The summed E-state index contributed by atoms with van der Waals surface area (Å²) in [7, 11) is -3.42. The summed E-state index contributed by atoms with van der Waals surface area (Å²) in [6, 6.07) is 1.81. The van der Waals surface area contributed by atoms with Crippen LogP contribution >= 0.6 is 11.3 Å². The number of nitrogens with one attached hydrogen (secondary N) is 1. The molecule has 1 aliphatic rings. The molecule has 19 heavy (non-hydrogen) atoms. The van der Waals surface area contributed by atoms with Crippen molar-refractivity contribution in [2.45, 2.75) is 37.4 Å². The lowest BCUT2D eigenvalue weighted by Crippen LogP contribution is -2.37. The molecule has 7 heteroatoms. The van der Waals surface area contributed by atoms with E-state index in [0.717, 1.165) is 10.4 Å². The molecule has 5 nitrogen and oxygen atoms in total. The number of hydrogen-bond donors (Lipinski definition) is 1. The zero-order valence-corrected chi connectivity index (χ0v) is 12.9. The summed E-state index contributed by atoms with van der Waals surface area (Å²) in [6.07, 6.45) is 0.669. The second kappa shape index (κ2) is 5.22. The van der Waals surface area contributed by atoms with Gasteiger partial charge in [-0.2, -0.15) is 4.31 Å². The second-order valence-electron chi connectivity index (χ2n) is 4.88. The summed E-state index contributed by atoms with van der Waals surface area (Å²) >= 11 is 1.31. The van der Waals surface area contributed by atoms with E-state index >= 15 is 0 Å². The van der Waals surface area contributed by atoms with E-state index in [1.807, 2.05) is 19.9 Å². The fourth-order valence-electron chi connectivity index (χ4n) is 2.35. The highest BCUT2D eigenvalue weighted by Gasteiger charge is 2.34. The predicted octanol–water partition coefficient (Wildman–Crippen LogP) is 1.26. The monoisotopic (exact) mass is 302 g/mol. The van der Waals surface area contributed by atoms with Gasteiger partial charge in [-0.3, -0.25) is 4.79 Å². The molecule has 1 aromatic heterocycles. The van der Waals surface area contributed by atoms with Crippen molar-refractivity contribution in [2.75, 3.05) is 13.1 Å². The summed E-state index contributed by atoms with van der Waals surface area (Å²) in [5.74, 6) is -0.118. The fraction of sp³-hybridized carbons (Fsp3) is 0.583. The molecule has 2 heterocycles. The number of carbonyl (C=O) groups is 1. The number of hydrogen-bond acceptors (Lipinski definition) is 4. The van der Waals surface area contributed by atoms with Gasteiger partial charge < -0.3 is 5.32 Å². The van der Waals surface area contributed by atoms with Crippen LogP contribution in [0.3, 0.4) is 0 Å². The molecule has 1 saturated heterocycles. The quantitative estimate of drug-likeness (QED) is 0.914. The number of amides is 1. The standard InChI is InChI=1S/C12H18N2O3S2/c1-8-6-9(2)18-12(8)19(16,17)14-5-4-11(7-14)13-10(3)15/h6,11H,4-5,7H2,1-3H3,(H,13,15)/t11-/m0/s1. The zero-order chi connectivity index (χ0) is 14.2. The molecule has 1 fully saturated rings. The Bertz CT molecular complexity index is 592. The highest BCUT2D eigenvalue weighted by molar-refractivity contribution is 7.91. The van der Waals surface area contributed by atoms with Crippen molar-refractivity contribution < 1.29 is 13.2 Å². The minimum Gasteiger partial charge on any atom is -0.352 e. The largest absolute Gasteiger partial charge is 0.352 e. The number of aryl methyl sites for hydroxylation is 2. The van der Waals surface area contributed by atoms with Gasteiger partial charge in [0.25, 0.3) is 10.0 Å². The Morgan fingerprint density at radius 2 is 2.16 bits per heavy atom. The molecule has 1 amide bonds. The van der Waals surface area contributed by atoms with Gasteiger partial charge in [0.05, 0.1) is 0 Å². The van der Waals surface area contributed by atoms with Crippen molar-refractivity contribution in [1.29, 1.82) is 0 Å². The molecule has 1 atom stereocenters. The summed E-state index contributed by atoms with van der Waals surface area (Å²) in [4.78, 5) is 12.0. The van der Waals surface area contributed by atoms with Gasteiger partial charge in [0.15, 0.2) is 0 Å². The van der Waals surface area contributed by atoms with Gasteiger partial charge in [-0.25, -0.2) is 8.42 Å². The van der Waals surface area contributed by atoms with Crippen LogP contribution in [-0.4, -0.2) is 37.8 Å². The number of nitrogens with zero attached hydrogens (tertiary/aromatic N) is 1. The van der Waals surface area contributed by atoms with Gasteiger partial charge >= 0.3 is 0 Å². The van der Waals surface area contributed by atoms with Crippen LogP contribution in [0.2, 0.25) is 0 Å². The Balaban J connectivity index is 2.18. The topological polar surface area (TPSA) is 66.5 Å². The van der Waals surface area contributed by atoms with Crippen molar-refractivity contribution in [1.82, 2.24) is 9.62 Å². The number of thiophene rings is 1. The van der Waals surface area contributed by atoms with Gasteiger partial charge in [0.2, 0.25) is 5.91 Å². The van der Waals surface area contributed by atoms with Crippen molar-refractivity contribution in [3.63, 3.8) is 0 Å². The highest BCUT2D eigenvalue weighted by Crippen LogP contribution is 2.30. The van der Waals surface area contributed by atoms with Crippen LogP contribution in [0.4, 0.5) is 0 Å². The first-order valence-electron chi connectivity index (χ1n) is 6.15. The minimum atomic E-state index is -3.42. The van der Waals surface area contributed by atoms with Crippen molar-refractivity contribution in [2.24, 2.45) is 0 Å². The lowest BCUT2D eigenvalue weighted by atomic mass is 10.3. The molecule has 0 aliphatic carbocycles. The summed E-state index contributed by atoms with van der Waals surface area (Å²) < 4.78 is 26.9. The van der Waals surface area contributed by atoms with Crippen LogP contribution in [-0.2, 0) is 14.8 Å². The molecule has 1 N–H and O–H groups in total. The normalized spacial score (nSPS) is 20.7. The van der Waals surface area contributed by atoms with Gasteiger partial charge in [-0.05, 0) is 31.9 Å². The molecule has 0 saturated carbocycles. The smallest absolute Gasteiger partial charge is 0.252 e. The van der Waals surface area contributed by atoms with E-state index in [1.165, 1.54) is 22.6 Å². The summed E-state index contributed by atoms with van der Waals surface area (Å²) in [5, 5.41) is 2.77. The number of rotatable bonds is 3. The van der Waals surface area contributed by atoms with Gasteiger partial charge in [0, 0.05) is 30.9 Å². The first-order valence-corrected chi connectivity index (χ1v) is 8.40. The molecular formula is C12H18N2O3S2. The van der Waals surface area contributed by atoms with Gasteiger partial charge in [0.1, 0.15) is 4.21 Å². The van der Waals surface area contributed by atoms with Crippen molar-refractivity contribution in [3.8, 4) is 0 Å². The average molecular weight is 302 g/mol. The fourth-order valence-corrected chi connectivity index (χ4v) is 5.65. The SMILES string of the molecule is CC(=O)N[C@H]1CCN(S(=O)(=O)c2sc(C)cc2C)C1. The Morgan fingerprint density at radius 1 is 1.47 bits per heavy atom. The Labute approximate surface area is 117 Å². The van der Waals surface area contributed by atoms with Crippen LogP contribution in [0.25, 0.3) is 0 Å². The predicted molar refractivity (Wildman–Crippen MR) is 74.8 cm³/mol. The maximum atomic E-state index is 12.5. The third kappa shape index (κ3) is 2.98. The molecule has 1 aromatic rings. The van der Waals surface area contributed by atoms with Crippen LogP contribution in [0, 0.1) is 13.8 Å². The van der Waals surface area contributed by atoms with Crippen LogP contribution in [0.1, 0.15) is 23.8 Å². The first-order chi connectivity index (χ1) is 8.80.